The summed E-state index contributed by atoms with van der Waals surface area (Å²) in [4.78, 5) is 25.5. The maximum atomic E-state index is 13.1. The molecule has 1 aliphatic rings. The van der Waals surface area contributed by atoms with Gasteiger partial charge in [-0.3, -0.25) is 14.5 Å². The lowest BCUT2D eigenvalue weighted by Gasteiger charge is -2.18. The average molecular weight is 412 g/mol. The minimum Gasteiger partial charge on any atom is -0.493 e. The lowest BCUT2D eigenvalue weighted by atomic mass is 9.92. The number of fused-ring (bicyclic) bond motifs is 1. The van der Waals surface area contributed by atoms with Crippen LogP contribution in [0.3, 0.4) is 0 Å². The van der Waals surface area contributed by atoms with Crippen LogP contribution in [0.2, 0.25) is 0 Å². The molecule has 158 valence electrons. The number of imide groups is 1. The summed E-state index contributed by atoms with van der Waals surface area (Å²) in [5.74, 6) is 0.0231. The third kappa shape index (κ3) is 4.09. The standard InChI is InChI=1S/C20H23F3N2O4/c1-4-6-12-14(8-7-13-16(12)29-24-17(13)20(21,22)23)28-10-5-9-25-15(26)11-19(2,3)18(25)27/h7-8H,4-6,9-11H2,1-3H3. The molecule has 1 aromatic carbocycles. The molecule has 2 aromatic rings. The summed E-state index contributed by atoms with van der Waals surface area (Å²) >= 11 is 0. The number of nitrogens with zero attached hydrogens (tertiary/aromatic N) is 2. The van der Waals surface area contributed by atoms with Gasteiger partial charge in [0.25, 0.3) is 0 Å². The number of amides is 2. The molecule has 0 unspecified atom stereocenters. The van der Waals surface area contributed by atoms with Crippen LogP contribution in [0.25, 0.3) is 11.0 Å². The fourth-order valence-corrected chi connectivity index (χ4v) is 3.53. The van der Waals surface area contributed by atoms with Gasteiger partial charge < -0.3 is 9.26 Å². The molecular weight excluding hydrogens is 389 g/mol. The van der Waals surface area contributed by atoms with Crippen molar-refractivity contribution in [3.05, 3.63) is 23.4 Å². The van der Waals surface area contributed by atoms with Crippen LogP contribution >= 0.6 is 0 Å². The number of ether oxygens (including phenoxy) is 1. The van der Waals surface area contributed by atoms with E-state index in [9.17, 15) is 22.8 Å². The lowest BCUT2D eigenvalue weighted by Crippen LogP contribution is -2.34. The van der Waals surface area contributed by atoms with Gasteiger partial charge in [0.1, 0.15) is 5.75 Å². The van der Waals surface area contributed by atoms with E-state index in [1.165, 1.54) is 17.0 Å². The van der Waals surface area contributed by atoms with Crippen LogP contribution in [0.1, 0.15) is 51.3 Å². The number of halogens is 3. The molecule has 1 aromatic heterocycles. The molecule has 1 aliphatic heterocycles. The molecule has 29 heavy (non-hydrogen) atoms. The van der Waals surface area contributed by atoms with E-state index in [2.05, 4.69) is 5.16 Å². The Hall–Kier alpha value is -2.58. The smallest absolute Gasteiger partial charge is 0.437 e. The molecule has 6 nitrogen and oxygen atoms in total. The summed E-state index contributed by atoms with van der Waals surface area (Å²) in [5, 5.41) is 3.10. The third-order valence-corrected chi connectivity index (χ3v) is 4.97. The molecule has 9 heteroatoms. The monoisotopic (exact) mass is 412 g/mol. The van der Waals surface area contributed by atoms with Crippen molar-refractivity contribution in [2.45, 2.75) is 52.6 Å². The van der Waals surface area contributed by atoms with E-state index in [1.54, 1.807) is 13.8 Å². The molecule has 0 bridgehead atoms. The van der Waals surface area contributed by atoms with E-state index >= 15 is 0 Å². The van der Waals surface area contributed by atoms with Gasteiger partial charge in [0.15, 0.2) is 11.3 Å². The van der Waals surface area contributed by atoms with Crippen molar-refractivity contribution < 1.29 is 32.0 Å². The minimum absolute atomic E-state index is 0.0725. The predicted molar refractivity (Wildman–Crippen MR) is 98.2 cm³/mol. The molecule has 0 saturated carbocycles. The molecule has 3 rings (SSSR count). The minimum atomic E-state index is -4.60. The Morgan fingerprint density at radius 3 is 2.59 bits per heavy atom. The maximum Gasteiger partial charge on any atom is 0.437 e. The molecule has 0 spiro atoms. The van der Waals surface area contributed by atoms with Crippen LogP contribution < -0.4 is 4.74 Å². The van der Waals surface area contributed by atoms with Crippen LogP contribution in [-0.4, -0.2) is 35.0 Å². The Labute approximate surface area is 166 Å². The van der Waals surface area contributed by atoms with Crippen molar-refractivity contribution in [2.24, 2.45) is 5.41 Å². The van der Waals surface area contributed by atoms with Crippen LogP contribution in [0.4, 0.5) is 13.2 Å². The fraction of sp³-hybridized carbons (Fsp3) is 0.550. The zero-order chi connectivity index (χ0) is 21.4. The van der Waals surface area contributed by atoms with Crippen LogP contribution in [0, 0.1) is 5.41 Å². The largest absolute Gasteiger partial charge is 0.493 e. The first-order valence-corrected chi connectivity index (χ1v) is 9.52. The van der Waals surface area contributed by atoms with Gasteiger partial charge in [0.05, 0.1) is 17.4 Å². The van der Waals surface area contributed by atoms with Crippen LogP contribution in [-0.2, 0) is 22.2 Å². The number of carbonyl (C=O) groups is 2. The van der Waals surface area contributed by atoms with E-state index in [4.69, 9.17) is 9.26 Å². The summed E-state index contributed by atoms with van der Waals surface area (Å²) in [6, 6.07) is 2.77. The van der Waals surface area contributed by atoms with E-state index in [0.29, 0.717) is 30.6 Å². The SMILES string of the molecule is CCCc1c(OCCCN2C(=O)CC(C)(C)C2=O)ccc2c(C(F)(F)F)noc12. The normalized spacial score (nSPS) is 16.8. The molecule has 1 saturated heterocycles. The average Bonchev–Trinajstić information content (AvgIpc) is 3.14. The summed E-state index contributed by atoms with van der Waals surface area (Å²) in [6.07, 6.45) is -2.84. The first-order chi connectivity index (χ1) is 13.6. The van der Waals surface area contributed by atoms with Gasteiger partial charge in [-0.1, -0.05) is 32.3 Å². The van der Waals surface area contributed by atoms with Gasteiger partial charge in [-0.15, -0.1) is 0 Å². The predicted octanol–water partition coefficient (Wildman–Crippen LogP) is 4.35. The van der Waals surface area contributed by atoms with Crippen molar-refractivity contribution in [3.63, 3.8) is 0 Å². The molecule has 0 atom stereocenters. The van der Waals surface area contributed by atoms with E-state index in [-0.39, 0.29) is 42.4 Å². The molecule has 0 radical (unpaired) electrons. The van der Waals surface area contributed by atoms with Crippen molar-refractivity contribution in [2.75, 3.05) is 13.2 Å². The van der Waals surface area contributed by atoms with E-state index in [0.717, 1.165) is 0 Å². The number of rotatable bonds is 7. The number of alkyl halides is 3. The summed E-state index contributed by atoms with van der Waals surface area (Å²) < 4.78 is 50.0. The van der Waals surface area contributed by atoms with Crippen molar-refractivity contribution in [1.29, 1.82) is 0 Å². The Morgan fingerprint density at radius 1 is 1.28 bits per heavy atom. The summed E-state index contributed by atoms with van der Waals surface area (Å²) in [7, 11) is 0. The van der Waals surface area contributed by atoms with Gasteiger partial charge in [-0.2, -0.15) is 13.2 Å². The number of benzene rings is 1. The zero-order valence-electron chi connectivity index (χ0n) is 16.6. The highest BCUT2D eigenvalue weighted by Crippen LogP contribution is 2.38. The molecule has 0 aliphatic carbocycles. The van der Waals surface area contributed by atoms with Crippen LogP contribution in [0.5, 0.6) is 5.75 Å². The second-order valence-corrected chi connectivity index (χ2v) is 7.81. The lowest BCUT2D eigenvalue weighted by molar-refractivity contribution is -0.142. The molecule has 0 N–H and O–H groups in total. The van der Waals surface area contributed by atoms with Crippen molar-refractivity contribution in [1.82, 2.24) is 10.1 Å². The number of likely N-dealkylation sites (tertiary alicyclic amines) is 1. The Balaban J connectivity index is 1.71. The number of aromatic nitrogens is 1. The van der Waals surface area contributed by atoms with Gasteiger partial charge in [0.2, 0.25) is 11.8 Å². The Bertz CT molecular complexity index is 934. The summed E-state index contributed by atoms with van der Waals surface area (Å²) in [6.45, 7) is 5.83. The number of hydrogen-bond acceptors (Lipinski definition) is 5. The van der Waals surface area contributed by atoms with E-state index in [1.807, 2.05) is 6.92 Å². The van der Waals surface area contributed by atoms with E-state index < -0.39 is 17.3 Å². The Kier molecular flexibility index (Phi) is 5.60. The van der Waals surface area contributed by atoms with Crippen molar-refractivity contribution in [3.8, 4) is 5.75 Å². The highest BCUT2D eigenvalue weighted by Gasteiger charge is 2.44. The highest BCUT2D eigenvalue weighted by atomic mass is 19.4. The number of aryl methyl sites for hydroxylation is 1. The summed E-state index contributed by atoms with van der Waals surface area (Å²) in [5.41, 5.74) is -1.13. The second kappa shape index (κ2) is 7.68. The zero-order valence-corrected chi connectivity index (χ0v) is 16.6. The molecule has 2 heterocycles. The molecule has 1 fully saturated rings. The number of carbonyl (C=O) groups excluding carboxylic acids is 2. The van der Waals surface area contributed by atoms with Gasteiger partial charge in [-0.05, 0) is 25.0 Å². The second-order valence-electron chi connectivity index (χ2n) is 7.81. The number of hydrogen-bond donors (Lipinski definition) is 0. The molecular formula is C20H23F3N2O4. The third-order valence-electron chi connectivity index (χ3n) is 4.97. The topological polar surface area (TPSA) is 72.6 Å². The van der Waals surface area contributed by atoms with Gasteiger partial charge in [0, 0.05) is 18.5 Å². The quantitative estimate of drug-likeness (QED) is 0.499. The first-order valence-electron chi connectivity index (χ1n) is 9.52. The Morgan fingerprint density at radius 2 is 2.00 bits per heavy atom. The highest BCUT2D eigenvalue weighted by molar-refractivity contribution is 6.05. The molecule has 2 amide bonds. The maximum absolute atomic E-state index is 13.1. The van der Waals surface area contributed by atoms with Gasteiger partial charge in [-0.25, -0.2) is 0 Å². The van der Waals surface area contributed by atoms with Crippen LogP contribution in [0.15, 0.2) is 16.7 Å². The fourth-order valence-electron chi connectivity index (χ4n) is 3.53. The van der Waals surface area contributed by atoms with Crippen molar-refractivity contribution >= 4 is 22.8 Å². The van der Waals surface area contributed by atoms with Gasteiger partial charge >= 0.3 is 6.18 Å². The first kappa shape index (κ1) is 21.1.